The zero-order valence-corrected chi connectivity index (χ0v) is 11.3. The highest BCUT2D eigenvalue weighted by atomic mass is 79.9. The van der Waals surface area contributed by atoms with Gasteiger partial charge in [-0.3, -0.25) is 0 Å². The predicted molar refractivity (Wildman–Crippen MR) is 70.8 cm³/mol. The molecule has 0 spiro atoms. The summed E-state index contributed by atoms with van der Waals surface area (Å²) >= 11 is 11.0. The van der Waals surface area contributed by atoms with Crippen LogP contribution in [0.4, 0.5) is 10.1 Å². The zero-order valence-electron chi connectivity index (χ0n) is 8.14. The van der Waals surface area contributed by atoms with Crippen molar-refractivity contribution in [2.75, 3.05) is 5.32 Å². The van der Waals surface area contributed by atoms with Crippen LogP contribution in [0.2, 0.25) is 5.02 Å². The average Bonchev–Trinajstić information content (AvgIpc) is 2.63. The summed E-state index contributed by atoms with van der Waals surface area (Å²) in [6, 6.07) is 6.32. The van der Waals surface area contributed by atoms with Crippen molar-refractivity contribution in [1.82, 2.24) is 0 Å². The summed E-state index contributed by atoms with van der Waals surface area (Å²) in [5.41, 5.74) is 0.739. The SMILES string of the molecule is Fc1ccc(NCc2sccc2Br)c(Cl)c1. The minimum absolute atomic E-state index is 0.326. The number of nitrogens with one attached hydrogen (secondary N) is 1. The molecule has 0 bridgehead atoms. The molecule has 0 saturated carbocycles. The van der Waals surface area contributed by atoms with Crippen molar-refractivity contribution in [2.24, 2.45) is 0 Å². The van der Waals surface area contributed by atoms with Crippen LogP contribution in [0.25, 0.3) is 0 Å². The molecule has 0 saturated heterocycles. The Morgan fingerprint density at radius 1 is 1.38 bits per heavy atom. The third-order valence-corrected chi connectivity index (χ3v) is 4.30. The first-order chi connectivity index (χ1) is 7.66. The molecular formula is C11H8BrClFNS. The van der Waals surface area contributed by atoms with E-state index >= 15 is 0 Å². The van der Waals surface area contributed by atoms with Crippen molar-refractivity contribution in [2.45, 2.75) is 6.54 Å². The van der Waals surface area contributed by atoms with E-state index in [0.29, 0.717) is 11.6 Å². The number of benzene rings is 1. The summed E-state index contributed by atoms with van der Waals surface area (Å²) in [6.45, 7) is 0.670. The molecule has 0 atom stereocenters. The molecule has 1 aromatic carbocycles. The number of anilines is 1. The highest BCUT2D eigenvalue weighted by Crippen LogP contribution is 2.26. The molecule has 84 valence electrons. The normalized spacial score (nSPS) is 10.4. The Morgan fingerprint density at radius 2 is 2.19 bits per heavy atom. The lowest BCUT2D eigenvalue weighted by Crippen LogP contribution is -1.98. The van der Waals surface area contributed by atoms with Gasteiger partial charge < -0.3 is 5.32 Å². The molecule has 2 rings (SSSR count). The number of halogens is 3. The van der Waals surface area contributed by atoms with E-state index in [9.17, 15) is 4.39 Å². The van der Waals surface area contributed by atoms with Crippen LogP contribution >= 0.6 is 38.9 Å². The molecule has 0 aliphatic heterocycles. The Morgan fingerprint density at radius 3 is 2.81 bits per heavy atom. The van der Waals surface area contributed by atoms with Gasteiger partial charge in [0.25, 0.3) is 0 Å². The van der Waals surface area contributed by atoms with E-state index in [1.165, 1.54) is 17.0 Å². The molecule has 1 heterocycles. The van der Waals surface area contributed by atoms with Crippen molar-refractivity contribution in [3.8, 4) is 0 Å². The lowest BCUT2D eigenvalue weighted by atomic mass is 10.3. The molecule has 0 radical (unpaired) electrons. The van der Waals surface area contributed by atoms with E-state index in [1.54, 1.807) is 17.4 Å². The fourth-order valence-electron chi connectivity index (χ4n) is 1.26. The Balaban J connectivity index is 2.08. The van der Waals surface area contributed by atoms with E-state index in [-0.39, 0.29) is 5.82 Å². The second-order valence-electron chi connectivity index (χ2n) is 3.17. The molecule has 0 unspecified atom stereocenters. The van der Waals surface area contributed by atoms with Gasteiger partial charge in [0.05, 0.1) is 17.3 Å². The van der Waals surface area contributed by atoms with Crippen molar-refractivity contribution < 1.29 is 4.39 Å². The molecule has 0 aliphatic carbocycles. The van der Waals surface area contributed by atoms with Gasteiger partial charge >= 0.3 is 0 Å². The zero-order chi connectivity index (χ0) is 11.5. The Bertz CT molecular complexity index is 500. The third kappa shape index (κ3) is 2.75. The lowest BCUT2D eigenvalue weighted by molar-refractivity contribution is 0.628. The van der Waals surface area contributed by atoms with Crippen LogP contribution in [0, 0.1) is 5.82 Å². The molecule has 0 aliphatic rings. The van der Waals surface area contributed by atoms with Gasteiger partial charge in [-0.1, -0.05) is 11.6 Å². The second-order valence-corrected chi connectivity index (χ2v) is 5.43. The lowest BCUT2D eigenvalue weighted by Gasteiger charge is -2.07. The van der Waals surface area contributed by atoms with Crippen molar-refractivity contribution >= 4 is 44.6 Å². The van der Waals surface area contributed by atoms with Crippen LogP contribution in [-0.2, 0) is 6.54 Å². The fourth-order valence-corrected chi connectivity index (χ4v) is 2.93. The molecular weight excluding hydrogens is 313 g/mol. The molecule has 0 amide bonds. The van der Waals surface area contributed by atoms with Gasteiger partial charge in [-0.05, 0) is 45.6 Å². The van der Waals surface area contributed by atoms with E-state index in [4.69, 9.17) is 11.6 Å². The van der Waals surface area contributed by atoms with E-state index in [1.807, 2.05) is 11.4 Å². The van der Waals surface area contributed by atoms with Crippen LogP contribution < -0.4 is 5.32 Å². The number of hydrogen-bond donors (Lipinski definition) is 1. The molecule has 2 aromatic rings. The maximum atomic E-state index is 12.8. The second kappa shape index (κ2) is 5.17. The molecule has 1 N–H and O–H groups in total. The number of rotatable bonds is 3. The van der Waals surface area contributed by atoms with Crippen LogP contribution in [-0.4, -0.2) is 0 Å². The van der Waals surface area contributed by atoms with Gasteiger partial charge in [0.2, 0.25) is 0 Å². The molecule has 0 fully saturated rings. The highest BCUT2D eigenvalue weighted by molar-refractivity contribution is 9.10. The summed E-state index contributed by atoms with van der Waals surface area (Å²) in [5.74, 6) is -0.326. The highest BCUT2D eigenvalue weighted by Gasteiger charge is 2.04. The standard InChI is InChI=1S/C11H8BrClFNS/c12-8-3-4-16-11(8)6-15-10-2-1-7(14)5-9(10)13/h1-5,15H,6H2. The summed E-state index contributed by atoms with van der Waals surface area (Å²) in [5, 5.41) is 5.57. The largest absolute Gasteiger partial charge is 0.379 e. The van der Waals surface area contributed by atoms with E-state index in [0.717, 1.165) is 10.2 Å². The quantitative estimate of drug-likeness (QED) is 0.847. The molecule has 16 heavy (non-hydrogen) atoms. The van der Waals surface area contributed by atoms with Gasteiger partial charge in [0.15, 0.2) is 0 Å². The number of thiophene rings is 1. The summed E-state index contributed by atoms with van der Waals surface area (Å²) in [7, 11) is 0. The first-order valence-electron chi connectivity index (χ1n) is 4.57. The smallest absolute Gasteiger partial charge is 0.124 e. The first kappa shape index (κ1) is 11.9. The van der Waals surface area contributed by atoms with Crippen molar-refractivity contribution in [3.05, 3.63) is 49.8 Å². The van der Waals surface area contributed by atoms with Crippen molar-refractivity contribution in [1.29, 1.82) is 0 Å². The first-order valence-corrected chi connectivity index (χ1v) is 6.62. The maximum absolute atomic E-state index is 12.8. The Hall–Kier alpha value is -0.580. The monoisotopic (exact) mass is 319 g/mol. The molecule has 1 nitrogen and oxygen atoms in total. The predicted octanol–water partition coefficient (Wildman–Crippen LogP) is 4.92. The Labute approximate surface area is 110 Å². The van der Waals surface area contributed by atoms with E-state index < -0.39 is 0 Å². The van der Waals surface area contributed by atoms with Crippen molar-refractivity contribution in [3.63, 3.8) is 0 Å². The van der Waals surface area contributed by atoms with Gasteiger partial charge in [0.1, 0.15) is 5.82 Å². The van der Waals surface area contributed by atoms with Gasteiger partial charge in [-0.15, -0.1) is 11.3 Å². The molecule has 5 heteroatoms. The van der Waals surface area contributed by atoms with Crippen LogP contribution in [0.15, 0.2) is 34.1 Å². The van der Waals surface area contributed by atoms with E-state index in [2.05, 4.69) is 21.2 Å². The average molecular weight is 321 g/mol. The summed E-state index contributed by atoms with van der Waals surface area (Å²) in [6.07, 6.45) is 0. The maximum Gasteiger partial charge on any atom is 0.124 e. The van der Waals surface area contributed by atoms with Crippen LogP contribution in [0.3, 0.4) is 0 Å². The minimum atomic E-state index is -0.326. The minimum Gasteiger partial charge on any atom is -0.379 e. The van der Waals surface area contributed by atoms with Gasteiger partial charge in [0, 0.05) is 9.35 Å². The van der Waals surface area contributed by atoms with Gasteiger partial charge in [-0.2, -0.15) is 0 Å². The van der Waals surface area contributed by atoms with Gasteiger partial charge in [-0.25, -0.2) is 4.39 Å². The van der Waals surface area contributed by atoms with Crippen LogP contribution in [0.1, 0.15) is 4.88 Å². The Kier molecular flexibility index (Phi) is 3.84. The summed E-state index contributed by atoms with van der Waals surface area (Å²) in [4.78, 5) is 1.18. The fraction of sp³-hybridized carbons (Fsp3) is 0.0909. The topological polar surface area (TPSA) is 12.0 Å². The van der Waals surface area contributed by atoms with Crippen LogP contribution in [0.5, 0.6) is 0 Å². The molecule has 1 aromatic heterocycles. The number of hydrogen-bond acceptors (Lipinski definition) is 2. The summed E-state index contributed by atoms with van der Waals surface area (Å²) < 4.78 is 13.9. The third-order valence-electron chi connectivity index (χ3n) is 2.06.